The summed E-state index contributed by atoms with van der Waals surface area (Å²) in [5.74, 6) is 1.83. The Hall–Kier alpha value is -0.220. The summed E-state index contributed by atoms with van der Waals surface area (Å²) in [5.41, 5.74) is 0. The predicted molar refractivity (Wildman–Crippen MR) is 114 cm³/mol. The molecule has 0 atom stereocenters. The smallest absolute Gasteiger partial charge is 0.191 e. The summed E-state index contributed by atoms with van der Waals surface area (Å²) < 4.78 is 5.35. The molecule has 5 nitrogen and oxygen atoms in total. The van der Waals surface area contributed by atoms with Crippen molar-refractivity contribution in [2.75, 3.05) is 58.7 Å². The van der Waals surface area contributed by atoms with Crippen molar-refractivity contribution >= 4 is 53.3 Å². The number of thioether (sulfide) groups is 1. The number of rotatable bonds is 7. The Morgan fingerprint density at radius 2 is 1.88 bits per heavy atom. The third kappa shape index (κ3) is 8.75. The molecular weight excluding hydrogens is 459 g/mol. The molecule has 0 aliphatic carbocycles. The van der Waals surface area contributed by atoms with Crippen molar-refractivity contribution in [3.8, 4) is 0 Å². The van der Waals surface area contributed by atoms with Crippen LogP contribution in [0.5, 0.6) is 0 Å². The zero-order valence-corrected chi connectivity index (χ0v) is 17.9. The van der Waals surface area contributed by atoms with Crippen molar-refractivity contribution in [3.05, 3.63) is 29.3 Å². The molecule has 1 saturated heterocycles. The summed E-state index contributed by atoms with van der Waals surface area (Å²) in [4.78, 5) is 7.88. The Kier molecular flexibility index (Phi) is 11.9. The Bertz CT molecular complexity index is 483. The number of ether oxygens (including phenoxy) is 1. The number of hydrogen-bond acceptors (Lipinski definition) is 4. The Labute approximate surface area is 171 Å². The van der Waals surface area contributed by atoms with Crippen LogP contribution in [0.25, 0.3) is 0 Å². The lowest BCUT2D eigenvalue weighted by molar-refractivity contribution is 0.0389. The maximum Gasteiger partial charge on any atom is 0.191 e. The fourth-order valence-corrected chi connectivity index (χ4v) is 3.14. The minimum atomic E-state index is 0. The molecule has 0 aromatic heterocycles. The highest BCUT2D eigenvalue weighted by molar-refractivity contribution is 14.0. The van der Waals surface area contributed by atoms with Gasteiger partial charge in [0.05, 0.1) is 13.2 Å². The molecular formula is C16H26ClIN4OS. The van der Waals surface area contributed by atoms with E-state index >= 15 is 0 Å². The SMILES string of the molecule is CN=C(NCCSc1ccc(Cl)cc1)NCCN1CCOCC1.I. The number of nitrogens with zero attached hydrogens (tertiary/aromatic N) is 2. The van der Waals surface area contributed by atoms with Crippen molar-refractivity contribution in [1.82, 2.24) is 15.5 Å². The van der Waals surface area contributed by atoms with Gasteiger partial charge in [0, 0.05) is 55.4 Å². The van der Waals surface area contributed by atoms with Crippen LogP contribution in [-0.2, 0) is 4.74 Å². The van der Waals surface area contributed by atoms with Crippen LogP contribution in [0.2, 0.25) is 5.02 Å². The molecule has 0 saturated carbocycles. The first kappa shape index (κ1) is 21.8. The van der Waals surface area contributed by atoms with Gasteiger partial charge in [0.2, 0.25) is 0 Å². The first-order valence-corrected chi connectivity index (χ1v) is 9.27. The lowest BCUT2D eigenvalue weighted by Gasteiger charge is -2.26. The van der Waals surface area contributed by atoms with Crippen molar-refractivity contribution < 1.29 is 4.74 Å². The quantitative estimate of drug-likeness (QED) is 0.205. The average molecular weight is 485 g/mol. The van der Waals surface area contributed by atoms with Gasteiger partial charge < -0.3 is 15.4 Å². The molecule has 0 bridgehead atoms. The molecule has 1 aliphatic rings. The minimum Gasteiger partial charge on any atom is -0.379 e. The fraction of sp³-hybridized carbons (Fsp3) is 0.562. The van der Waals surface area contributed by atoms with Gasteiger partial charge >= 0.3 is 0 Å². The predicted octanol–water partition coefficient (Wildman–Crippen LogP) is 2.55. The topological polar surface area (TPSA) is 48.9 Å². The van der Waals surface area contributed by atoms with Gasteiger partial charge in [-0.3, -0.25) is 9.89 Å². The largest absolute Gasteiger partial charge is 0.379 e. The zero-order valence-electron chi connectivity index (χ0n) is 14.0. The standard InChI is InChI=1S/C16H25ClN4OS.HI/c1-18-16(19-6-8-21-9-11-22-12-10-21)20-7-13-23-15-4-2-14(17)3-5-15;/h2-5H,6-13H2,1H3,(H2,18,19,20);1H. The highest BCUT2D eigenvalue weighted by atomic mass is 127. The molecule has 2 N–H and O–H groups in total. The third-order valence-electron chi connectivity index (χ3n) is 3.52. The lowest BCUT2D eigenvalue weighted by Crippen LogP contribution is -2.44. The normalized spacial score (nSPS) is 15.7. The highest BCUT2D eigenvalue weighted by Crippen LogP contribution is 2.19. The van der Waals surface area contributed by atoms with E-state index in [-0.39, 0.29) is 24.0 Å². The molecule has 0 radical (unpaired) electrons. The van der Waals surface area contributed by atoms with Crippen LogP contribution in [-0.4, -0.2) is 69.6 Å². The molecule has 1 heterocycles. The van der Waals surface area contributed by atoms with Crippen LogP contribution in [0.15, 0.2) is 34.2 Å². The van der Waals surface area contributed by atoms with Gasteiger partial charge in [-0.25, -0.2) is 0 Å². The van der Waals surface area contributed by atoms with E-state index in [1.165, 1.54) is 4.90 Å². The van der Waals surface area contributed by atoms with E-state index in [4.69, 9.17) is 16.3 Å². The molecule has 2 rings (SSSR count). The second-order valence-electron chi connectivity index (χ2n) is 5.18. The van der Waals surface area contributed by atoms with Crippen LogP contribution in [0.1, 0.15) is 0 Å². The van der Waals surface area contributed by atoms with Crippen LogP contribution in [0.3, 0.4) is 0 Å². The summed E-state index contributed by atoms with van der Waals surface area (Å²) in [5, 5.41) is 7.47. The fourth-order valence-electron chi connectivity index (χ4n) is 2.25. The second-order valence-corrected chi connectivity index (χ2v) is 6.79. The summed E-state index contributed by atoms with van der Waals surface area (Å²) in [6.07, 6.45) is 0. The Morgan fingerprint density at radius 1 is 1.21 bits per heavy atom. The molecule has 24 heavy (non-hydrogen) atoms. The maximum atomic E-state index is 5.88. The van der Waals surface area contributed by atoms with Crippen molar-refractivity contribution in [2.24, 2.45) is 4.99 Å². The van der Waals surface area contributed by atoms with E-state index in [2.05, 4.69) is 20.5 Å². The first-order chi connectivity index (χ1) is 11.3. The molecule has 0 amide bonds. The Morgan fingerprint density at radius 3 is 2.54 bits per heavy atom. The van der Waals surface area contributed by atoms with E-state index in [1.807, 2.05) is 24.3 Å². The van der Waals surface area contributed by atoms with Crippen molar-refractivity contribution in [1.29, 1.82) is 0 Å². The van der Waals surface area contributed by atoms with Gasteiger partial charge in [-0.2, -0.15) is 0 Å². The number of benzene rings is 1. The molecule has 1 aliphatic heterocycles. The summed E-state index contributed by atoms with van der Waals surface area (Å²) >= 11 is 7.68. The number of hydrogen-bond donors (Lipinski definition) is 2. The monoisotopic (exact) mass is 484 g/mol. The number of halogens is 2. The minimum absolute atomic E-state index is 0. The number of guanidine groups is 1. The maximum absolute atomic E-state index is 5.88. The number of aliphatic imine (C=N–C) groups is 1. The zero-order chi connectivity index (χ0) is 16.3. The van der Waals surface area contributed by atoms with E-state index in [1.54, 1.807) is 18.8 Å². The summed E-state index contributed by atoms with van der Waals surface area (Å²) in [6, 6.07) is 7.93. The average Bonchev–Trinajstić information content (AvgIpc) is 2.59. The molecule has 0 spiro atoms. The van der Waals surface area contributed by atoms with Crippen molar-refractivity contribution in [2.45, 2.75) is 4.90 Å². The van der Waals surface area contributed by atoms with Gasteiger partial charge in [-0.05, 0) is 24.3 Å². The molecule has 136 valence electrons. The van der Waals surface area contributed by atoms with Crippen LogP contribution < -0.4 is 10.6 Å². The number of morpholine rings is 1. The molecule has 1 fully saturated rings. The van der Waals surface area contributed by atoms with Gasteiger partial charge in [0.15, 0.2) is 5.96 Å². The first-order valence-electron chi connectivity index (χ1n) is 7.91. The van der Waals surface area contributed by atoms with Gasteiger partial charge in [-0.1, -0.05) is 11.6 Å². The molecule has 0 unspecified atom stereocenters. The van der Waals surface area contributed by atoms with Gasteiger partial charge in [0.1, 0.15) is 0 Å². The third-order valence-corrected chi connectivity index (χ3v) is 4.79. The Balaban J connectivity index is 0.00000288. The second kappa shape index (κ2) is 13.0. The lowest BCUT2D eigenvalue weighted by atomic mass is 10.4. The van der Waals surface area contributed by atoms with Crippen LogP contribution in [0, 0.1) is 0 Å². The highest BCUT2D eigenvalue weighted by Gasteiger charge is 2.09. The summed E-state index contributed by atoms with van der Waals surface area (Å²) in [6.45, 7) is 6.50. The van der Waals surface area contributed by atoms with Gasteiger partial charge in [-0.15, -0.1) is 35.7 Å². The van der Waals surface area contributed by atoms with E-state index in [0.29, 0.717) is 0 Å². The number of nitrogens with one attached hydrogen (secondary N) is 2. The molecule has 8 heteroatoms. The van der Waals surface area contributed by atoms with E-state index in [0.717, 1.165) is 62.7 Å². The van der Waals surface area contributed by atoms with Crippen LogP contribution in [0.4, 0.5) is 0 Å². The van der Waals surface area contributed by atoms with Crippen LogP contribution >= 0.6 is 47.3 Å². The molecule has 1 aromatic carbocycles. The van der Waals surface area contributed by atoms with Crippen molar-refractivity contribution in [3.63, 3.8) is 0 Å². The summed E-state index contributed by atoms with van der Waals surface area (Å²) in [7, 11) is 1.80. The molecule has 1 aromatic rings. The van der Waals surface area contributed by atoms with E-state index in [9.17, 15) is 0 Å². The van der Waals surface area contributed by atoms with E-state index < -0.39 is 0 Å². The van der Waals surface area contributed by atoms with Gasteiger partial charge in [0.25, 0.3) is 0 Å².